The Hall–Kier alpha value is -0.640. The van der Waals surface area contributed by atoms with Gasteiger partial charge in [0.1, 0.15) is 0 Å². The molecule has 0 saturated heterocycles. The van der Waals surface area contributed by atoms with Crippen molar-refractivity contribution >= 4 is 27.3 Å². The van der Waals surface area contributed by atoms with E-state index in [1.807, 2.05) is 11.3 Å². The molecule has 1 aromatic carbocycles. The normalized spacial score (nSPS) is 11.2. The van der Waals surface area contributed by atoms with Crippen LogP contribution in [-0.4, -0.2) is 6.04 Å². The quantitative estimate of drug-likeness (QED) is 0.836. The van der Waals surface area contributed by atoms with Gasteiger partial charge >= 0.3 is 0 Å². The van der Waals surface area contributed by atoms with Crippen LogP contribution < -0.4 is 5.32 Å². The average molecular weight is 324 g/mol. The summed E-state index contributed by atoms with van der Waals surface area (Å²) in [5, 5.41) is 3.45. The Morgan fingerprint density at radius 2 is 2.00 bits per heavy atom. The first kappa shape index (κ1) is 13.8. The Balaban J connectivity index is 2.21. The zero-order chi connectivity index (χ0) is 13.1. The highest BCUT2D eigenvalue weighted by Gasteiger charge is 2.07. The topological polar surface area (TPSA) is 12.0 Å². The summed E-state index contributed by atoms with van der Waals surface area (Å²) in [5.74, 6) is 0. The van der Waals surface area contributed by atoms with Gasteiger partial charge in [0.05, 0.1) is 0 Å². The van der Waals surface area contributed by atoms with Crippen molar-refractivity contribution in [2.75, 3.05) is 0 Å². The highest BCUT2D eigenvalue weighted by molar-refractivity contribution is 9.10. The average Bonchev–Trinajstić information content (AvgIpc) is 2.78. The van der Waals surface area contributed by atoms with Gasteiger partial charge in [-0.25, -0.2) is 0 Å². The van der Waals surface area contributed by atoms with Crippen molar-refractivity contribution < 1.29 is 0 Å². The van der Waals surface area contributed by atoms with E-state index in [0.29, 0.717) is 6.04 Å². The van der Waals surface area contributed by atoms with E-state index in [2.05, 4.69) is 72.3 Å². The summed E-state index contributed by atoms with van der Waals surface area (Å²) in [4.78, 5) is 2.71. The lowest BCUT2D eigenvalue weighted by atomic mass is 10.1. The van der Waals surface area contributed by atoms with E-state index >= 15 is 0 Å². The largest absolute Gasteiger partial charge is 0.310 e. The fourth-order valence-electron chi connectivity index (χ4n) is 1.75. The molecule has 1 aromatic heterocycles. The van der Waals surface area contributed by atoms with E-state index in [-0.39, 0.29) is 0 Å². The predicted octanol–water partition coefficient (Wildman–Crippen LogP) is 4.98. The molecule has 0 atom stereocenters. The van der Waals surface area contributed by atoms with E-state index in [0.717, 1.165) is 6.54 Å². The molecule has 1 heterocycles. The van der Waals surface area contributed by atoms with Gasteiger partial charge < -0.3 is 5.32 Å². The van der Waals surface area contributed by atoms with Crippen LogP contribution in [-0.2, 0) is 6.54 Å². The van der Waals surface area contributed by atoms with Gasteiger partial charge in [0.25, 0.3) is 0 Å². The number of hydrogen-bond donors (Lipinski definition) is 1. The van der Waals surface area contributed by atoms with Gasteiger partial charge in [0.15, 0.2) is 0 Å². The first-order valence-electron chi connectivity index (χ1n) is 6.15. The number of thiophene rings is 1. The molecule has 0 unspecified atom stereocenters. The number of hydrogen-bond acceptors (Lipinski definition) is 2. The molecule has 0 radical (unpaired) electrons. The van der Waals surface area contributed by atoms with Crippen LogP contribution in [0.2, 0.25) is 0 Å². The van der Waals surface area contributed by atoms with Crippen molar-refractivity contribution in [1.82, 2.24) is 5.32 Å². The minimum Gasteiger partial charge on any atom is -0.310 e. The minimum absolute atomic E-state index is 0.529. The molecular weight excluding hydrogens is 306 g/mol. The van der Waals surface area contributed by atoms with Crippen LogP contribution in [0.25, 0.3) is 10.4 Å². The van der Waals surface area contributed by atoms with E-state index in [1.54, 1.807) is 0 Å². The third kappa shape index (κ3) is 3.44. The Labute approximate surface area is 121 Å². The summed E-state index contributed by atoms with van der Waals surface area (Å²) >= 11 is 5.49. The monoisotopic (exact) mass is 323 g/mol. The molecule has 0 amide bonds. The summed E-state index contributed by atoms with van der Waals surface area (Å²) in [5.41, 5.74) is 2.58. The van der Waals surface area contributed by atoms with Crippen LogP contribution in [0.3, 0.4) is 0 Å². The number of halogens is 1. The molecule has 2 rings (SSSR count). The molecule has 18 heavy (non-hydrogen) atoms. The van der Waals surface area contributed by atoms with Crippen LogP contribution in [0, 0.1) is 6.92 Å². The molecule has 0 bridgehead atoms. The number of benzene rings is 1. The summed E-state index contributed by atoms with van der Waals surface area (Å²) < 4.78 is 1.17. The smallest absolute Gasteiger partial charge is 0.0357 e. The maximum Gasteiger partial charge on any atom is 0.0357 e. The first-order chi connectivity index (χ1) is 8.56. The van der Waals surface area contributed by atoms with Crippen molar-refractivity contribution in [2.24, 2.45) is 0 Å². The summed E-state index contributed by atoms with van der Waals surface area (Å²) in [7, 11) is 0. The van der Waals surface area contributed by atoms with Gasteiger partial charge in [-0.15, -0.1) is 11.3 Å². The van der Waals surface area contributed by atoms with Crippen LogP contribution >= 0.6 is 27.3 Å². The van der Waals surface area contributed by atoms with Gasteiger partial charge in [-0.05, 0) is 31.2 Å². The molecule has 0 aliphatic rings. The fourth-order valence-corrected chi connectivity index (χ4v) is 3.33. The highest BCUT2D eigenvalue weighted by Crippen LogP contribution is 2.34. The summed E-state index contributed by atoms with van der Waals surface area (Å²) in [6.07, 6.45) is 0. The molecule has 2 aromatic rings. The van der Waals surface area contributed by atoms with Crippen molar-refractivity contribution in [1.29, 1.82) is 0 Å². The Bertz CT molecular complexity index is 531. The molecule has 0 aliphatic heterocycles. The third-order valence-electron chi connectivity index (χ3n) is 2.73. The second-order valence-electron chi connectivity index (χ2n) is 4.78. The van der Waals surface area contributed by atoms with E-state index in [9.17, 15) is 0 Å². The van der Waals surface area contributed by atoms with E-state index < -0.39 is 0 Å². The molecule has 96 valence electrons. The lowest BCUT2D eigenvalue weighted by Gasteiger charge is -2.05. The van der Waals surface area contributed by atoms with Gasteiger partial charge in [-0.1, -0.05) is 41.4 Å². The standard InChI is InChI=1S/C15H18BrNS/c1-10(2)17-9-12-5-7-15(18-12)13-8-11(3)4-6-14(13)16/h4-8,10,17H,9H2,1-3H3. The molecular formula is C15H18BrNS. The number of aryl methyl sites for hydroxylation is 1. The van der Waals surface area contributed by atoms with Crippen molar-refractivity contribution in [3.8, 4) is 10.4 Å². The zero-order valence-electron chi connectivity index (χ0n) is 11.0. The van der Waals surface area contributed by atoms with Crippen LogP contribution in [0.1, 0.15) is 24.3 Å². The van der Waals surface area contributed by atoms with Crippen LogP contribution in [0.4, 0.5) is 0 Å². The Kier molecular flexibility index (Phi) is 4.60. The van der Waals surface area contributed by atoms with Gasteiger partial charge in [0, 0.05) is 32.4 Å². The Morgan fingerprint density at radius 3 is 2.72 bits per heavy atom. The first-order valence-corrected chi connectivity index (χ1v) is 7.76. The second kappa shape index (κ2) is 6.00. The van der Waals surface area contributed by atoms with Crippen molar-refractivity contribution in [3.05, 3.63) is 45.2 Å². The van der Waals surface area contributed by atoms with E-state index in [4.69, 9.17) is 0 Å². The lowest BCUT2D eigenvalue weighted by Crippen LogP contribution is -2.21. The van der Waals surface area contributed by atoms with Crippen LogP contribution in [0.15, 0.2) is 34.8 Å². The minimum atomic E-state index is 0.529. The van der Waals surface area contributed by atoms with Gasteiger partial charge in [-0.3, -0.25) is 0 Å². The number of rotatable bonds is 4. The third-order valence-corrected chi connectivity index (χ3v) is 4.54. The van der Waals surface area contributed by atoms with Crippen LogP contribution in [0.5, 0.6) is 0 Å². The second-order valence-corrected chi connectivity index (χ2v) is 6.81. The highest BCUT2D eigenvalue weighted by atomic mass is 79.9. The molecule has 1 N–H and O–H groups in total. The SMILES string of the molecule is Cc1ccc(Br)c(-c2ccc(CNC(C)C)s2)c1. The molecule has 0 aliphatic carbocycles. The summed E-state index contributed by atoms with van der Waals surface area (Å²) in [6.45, 7) is 7.42. The zero-order valence-corrected chi connectivity index (χ0v) is 13.4. The van der Waals surface area contributed by atoms with E-state index in [1.165, 1.54) is 25.4 Å². The van der Waals surface area contributed by atoms with Crippen molar-refractivity contribution in [2.45, 2.75) is 33.4 Å². The maximum absolute atomic E-state index is 3.63. The maximum atomic E-state index is 3.63. The molecule has 0 saturated carbocycles. The number of nitrogens with one attached hydrogen (secondary N) is 1. The molecule has 1 nitrogen and oxygen atoms in total. The van der Waals surface area contributed by atoms with Gasteiger partial charge in [-0.2, -0.15) is 0 Å². The lowest BCUT2D eigenvalue weighted by molar-refractivity contribution is 0.593. The Morgan fingerprint density at radius 1 is 1.22 bits per heavy atom. The summed E-state index contributed by atoms with van der Waals surface area (Å²) in [6, 6.07) is 11.4. The molecule has 0 spiro atoms. The predicted molar refractivity (Wildman–Crippen MR) is 84.2 cm³/mol. The fraction of sp³-hybridized carbons (Fsp3) is 0.333. The molecule has 3 heteroatoms. The van der Waals surface area contributed by atoms with Gasteiger partial charge in [0.2, 0.25) is 0 Å². The van der Waals surface area contributed by atoms with Crippen molar-refractivity contribution in [3.63, 3.8) is 0 Å². The molecule has 0 fully saturated rings.